The van der Waals surface area contributed by atoms with Crippen molar-refractivity contribution in [3.63, 3.8) is 0 Å². The number of carbonyl (C=O) groups is 3. The van der Waals surface area contributed by atoms with Crippen molar-refractivity contribution >= 4 is 23.9 Å². The summed E-state index contributed by atoms with van der Waals surface area (Å²) in [4.78, 5) is 38.1. The van der Waals surface area contributed by atoms with E-state index in [1.165, 1.54) is 19.2 Å². The molecule has 1 aliphatic heterocycles. The third-order valence-corrected chi connectivity index (χ3v) is 3.19. The molecule has 5 heteroatoms. The first kappa shape index (κ1) is 15.4. The van der Waals surface area contributed by atoms with Crippen LogP contribution < -0.4 is 0 Å². The highest BCUT2D eigenvalue weighted by atomic mass is 16.2. The first-order valence-corrected chi connectivity index (χ1v) is 6.74. The molecule has 1 aliphatic rings. The molecule has 0 bridgehead atoms. The summed E-state index contributed by atoms with van der Waals surface area (Å²) in [6, 6.07) is 8.85. The van der Waals surface area contributed by atoms with Gasteiger partial charge in [-0.1, -0.05) is 48.6 Å². The molecular weight excluding hydrogens is 280 g/mol. The van der Waals surface area contributed by atoms with E-state index in [1.54, 1.807) is 12.2 Å². The van der Waals surface area contributed by atoms with Gasteiger partial charge in [-0.15, -0.1) is 6.58 Å². The standard InChI is InChI=1S/C17H16N2O3/c1-3-12-19-16(21)14(15(20)18(2)17(19)22)11-7-10-13-8-5-4-6-9-13/h3-11H,1,12H2,2H3/b10-7+,14-11-. The molecule has 1 heterocycles. The number of nitrogens with zero attached hydrogens (tertiary/aromatic N) is 2. The van der Waals surface area contributed by atoms with Gasteiger partial charge in [-0.3, -0.25) is 19.4 Å². The Labute approximate surface area is 128 Å². The fourth-order valence-corrected chi connectivity index (χ4v) is 2.02. The van der Waals surface area contributed by atoms with E-state index in [2.05, 4.69) is 6.58 Å². The first-order valence-electron chi connectivity index (χ1n) is 6.74. The Bertz CT molecular complexity index is 674. The number of allylic oxidation sites excluding steroid dienone is 2. The topological polar surface area (TPSA) is 57.7 Å². The van der Waals surface area contributed by atoms with Crippen LogP contribution in [0.4, 0.5) is 4.79 Å². The van der Waals surface area contributed by atoms with Crippen LogP contribution in [-0.2, 0) is 9.59 Å². The average Bonchev–Trinajstić information content (AvgIpc) is 2.54. The maximum absolute atomic E-state index is 12.2. The smallest absolute Gasteiger partial charge is 0.268 e. The van der Waals surface area contributed by atoms with Crippen molar-refractivity contribution in [3.05, 3.63) is 66.3 Å². The molecule has 0 saturated carbocycles. The summed E-state index contributed by atoms with van der Waals surface area (Å²) < 4.78 is 0. The zero-order valence-electron chi connectivity index (χ0n) is 12.2. The molecule has 0 spiro atoms. The molecule has 22 heavy (non-hydrogen) atoms. The Kier molecular flexibility index (Phi) is 4.68. The Morgan fingerprint density at radius 1 is 1.09 bits per heavy atom. The van der Waals surface area contributed by atoms with Gasteiger partial charge in [0.15, 0.2) is 0 Å². The van der Waals surface area contributed by atoms with Crippen LogP contribution in [0.1, 0.15) is 5.56 Å². The van der Waals surface area contributed by atoms with Crippen LogP contribution in [0, 0.1) is 0 Å². The molecule has 0 unspecified atom stereocenters. The lowest BCUT2D eigenvalue weighted by Crippen LogP contribution is -2.54. The third-order valence-electron chi connectivity index (χ3n) is 3.19. The number of benzene rings is 1. The molecule has 4 amide bonds. The molecule has 1 aromatic carbocycles. The molecule has 0 aliphatic carbocycles. The van der Waals surface area contributed by atoms with E-state index in [4.69, 9.17) is 0 Å². The number of amides is 4. The minimum absolute atomic E-state index is 0.0452. The van der Waals surface area contributed by atoms with Gasteiger partial charge >= 0.3 is 6.03 Å². The Morgan fingerprint density at radius 3 is 2.41 bits per heavy atom. The van der Waals surface area contributed by atoms with Crippen molar-refractivity contribution in [2.45, 2.75) is 0 Å². The van der Waals surface area contributed by atoms with Crippen molar-refractivity contribution in [2.24, 2.45) is 0 Å². The van der Waals surface area contributed by atoms with E-state index in [0.29, 0.717) is 0 Å². The van der Waals surface area contributed by atoms with Gasteiger partial charge in [0.1, 0.15) is 5.57 Å². The van der Waals surface area contributed by atoms with Crippen LogP contribution in [0.15, 0.2) is 60.7 Å². The van der Waals surface area contributed by atoms with E-state index in [-0.39, 0.29) is 12.1 Å². The maximum Gasteiger partial charge on any atom is 0.333 e. The van der Waals surface area contributed by atoms with E-state index < -0.39 is 17.8 Å². The number of hydrogen-bond donors (Lipinski definition) is 0. The second kappa shape index (κ2) is 6.67. The number of barbiturate groups is 1. The fraction of sp³-hybridized carbons (Fsp3) is 0.118. The summed E-state index contributed by atoms with van der Waals surface area (Å²) in [6.07, 6.45) is 6.27. The van der Waals surface area contributed by atoms with Crippen LogP contribution in [0.3, 0.4) is 0 Å². The van der Waals surface area contributed by atoms with E-state index in [0.717, 1.165) is 15.4 Å². The van der Waals surface area contributed by atoms with Crippen LogP contribution >= 0.6 is 0 Å². The van der Waals surface area contributed by atoms with Crippen LogP contribution in [-0.4, -0.2) is 41.2 Å². The molecule has 1 fully saturated rings. The van der Waals surface area contributed by atoms with Gasteiger partial charge in [-0.25, -0.2) is 4.79 Å². The van der Waals surface area contributed by atoms with Crippen molar-refractivity contribution < 1.29 is 14.4 Å². The van der Waals surface area contributed by atoms with Crippen molar-refractivity contribution in [3.8, 4) is 0 Å². The summed E-state index contributed by atoms with van der Waals surface area (Å²) in [6.45, 7) is 3.58. The predicted molar refractivity (Wildman–Crippen MR) is 83.6 cm³/mol. The second-order valence-corrected chi connectivity index (χ2v) is 4.70. The zero-order valence-corrected chi connectivity index (χ0v) is 12.2. The molecule has 1 saturated heterocycles. The van der Waals surface area contributed by atoms with Gasteiger partial charge in [0.25, 0.3) is 11.8 Å². The van der Waals surface area contributed by atoms with Crippen molar-refractivity contribution in [1.82, 2.24) is 9.80 Å². The first-order chi connectivity index (χ1) is 10.6. The zero-order chi connectivity index (χ0) is 16.1. The highest BCUT2D eigenvalue weighted by molar-refractivity contribution is 6.28. The molecule has 0 N–H and O–H groups in total. The Hall–Kier alpha value is -2.95. The molecule has 0 aromatic heterocycles. The van der Waals surface area contributed by atoms with E-state index in [1.807, 2.05) is 30.3 Å². The van der Waals surface area contributed by atoms with Crippen molar-refractivity contribution in [1.29, 1.82) is 0 Å². The number of imide groups is 2. The van der Waals surface area contributed by atoms with Gasteiger partial charge in [0.05, 0.1) is 0 Å². The normalized spacial score (nSPS) is 17.7. The van der Waals surface area contributed by atoms with Gasteiger partial charge in [0, 0.05) is 13.6 Å². The minimum atomic E-state index is -0.640. The number of likely N-dealkylation sites (N-methyl/N-ethyl adjacent to an activating group) is 1. The lowest BCUT2D eigenvalue weighted by atomic mass is 10.1. The second-order valence-electron chi connectivity index (χ2n) is 4.70. The van der Waals surface area contributed by atoms with Crippen LogP contribution in [0.5, 0.6) is 0 Å². The molecule has 112 valence electrons. The molecule has 0 atom stereocenters. The molecular formula is C17H16N2O3. The number of urea groups is 1. The Balaban J connectivity index is 2.27. The molecule has 1 aromatic rings. The lowest BCUT2D eigenvalue weighted by molar-refractivity contribution is -0.134. The Morgan fingerprint density at radius 2 is 1.77 bits per heavy atom. The average molecular weight is 296 g/mol. The summed E-state index contributed by atoms with van der Waals surface area (Å²) in [5.74, 6) is -1.21. The largest absolute Gasteiger partial charge is 0.333 e. The third kappa shape index (κ3) is 3.03. The molecule has 5 nitrogen and oxygen atoms in total. The predicted octanol–water partition coefficient (Wildman–Crippen LogP) is 2.23. The fourth-order valence-electron chi connectivity index (χ4n) is 2.02. The lowest BCUT2D eigenvalue weighted by Gasteiger charge is -2.30. The number of carbonyl (C=O) groups excluding carboxylic acids is 3. The van der Waals surface area contributed by atoms with Crippen molar-refractivity contribution in [2.75, 3.05) is 13.6 Å². The summed E-state index contributed by atoms with van der Waals surface area (Å²) in [7, 11) is 1.35. The quantitative estimate of drug-likeness (QED) is 0.486. The number of hydrogen-bond acceptors (Lipinski definition) is 3. The van der Waals surface area contributed by atoms with Gasteiger partial charge < -0.3 is 0 Å². The van der Waals surface area contributed by atoms with Gasteiger partial charge in [0.2, 0.25) is 0 Å². The maximum atomic E-state index is 12.2. The number of rotatable bonds is 4. The summed E-state index contributed by atoms with van der Waals surface area (Å²) in [5, 5.41) is 0. The van der Waals surface area contributed by atoms with Crippen LogP contribution in [0.2, 0.25) is 0 Å². The molecule has 0 radical (unpaired) electrons. The monoisotopic (exact) mass is 296 g/mol. The van der Waals surface area contributed by atoms with E-state index >= 15 is 0 Å². The van der Waals surface area contributed by atoms with Gasteiger partial charge in [-0.05, 0) is 11.6 Å². The highest BCUT2D eigenvalue weighted by Gasteiger charge is 2.38. The molecule has 2 rings (SSSR count). The van der Waals surface area contributed by atoms with Gasteiger partial charge in [-0.2, -0.15) is 0 Å². The van der Waals surface area contributed by atoms with Crippen LogP contribution in [0.25, 0.3) is 6.08 Å². The van der Waals surface area contributed by atoms with E-state index in [9.17, 15) is 14.4 Å². The SMILES string of the molecule is C=CCN1C(=O)/C(=C\C=C\c2ccccc2)C(=O)N(C)C1=O. The summed E-state index contributed by atoms with van der Waals surface area (Å²) in [5.41, 5.74) is 0.901. The summed E-state index contributed by atoms with van der Waals surface area (Å²) >= 11 is 0. The minimum Gasteiger partial charge on any atom is -0.268 e. The highest BCUT2D eigenvalue weighted by Crippen LogP contribution is 2.16.